The summed E-state index contributed by atoms with van der Waals surface area (Å²) in [6.45, 7) is 10.8. The molecule has 3 aliphatic carbocycles. The summed E-state index contributed by atoms with van der Waals surface area (Å²) in [6.07, 6.45) is 11.1. The zero-order valence-corrected chi connectivity index (χ0v) is 14.6. The first-order valence-electron chi connectivity index (χ1n) is 9.26. The lowest BCUT2D eigenvalue weighted by molar-refractivity contribution is -0.188. The maximum atomic E-state index is 13.1. The van der Waals surface area contributed by atoms with Crippen molar-refractivity contribution in [1.29, 1.82) is 0 Å². The summed E-state index contributed by atoms with van der Waals surface area (Å²) in [6, 6.07) is 0. The molecule has 3 aliphatic rings. The Labute approximate surface area is 135 Å². The molecule has 0 bridgehead atoms. The minimum atomic E-state index is -0.243. The van der Waals surface area contributed by atoms with E-state index in [4.69, 9.17) is 4.74 Å². The highest BCUT2D eigenvalue weighted by Crippen LogP contribution is 2.66. The van der Waals surface area contributed by atoms with Crippen LogP contribution in [0.15, 0.2) is 12.8 Å². The van der Waals surface area contributed by atoms with Crippen molar-refractivity contribution in [3.8, 4) is 0 Å². The van der Waals surface area contributed by atoms with Crippen LogP contribution in [0.1, 0.15) is 72.1 Å². The minimum Gasteiger partial charge on any atom is -0.435 e. The molecule has 6 atom stereocenters. The van der Waals surface area contributed by atoms with Crippen LogP contribution in [0.25, 0.3) is 0 Å². The first kappa shape index (κ1) is 16.1. The van der Waals surface area contributed by atoms with E-state index in [-0.39, 0.29) is 11.4 Å². The van der Waals surface area contributed by atoms with Crippen molar-refractivity contribution in [3.05, 3.63) is 12.8 Å². The van der Waals surface area contributed by atoms with Gasteiger partial charge in [0, 0.05) is 0 Å². The summed E-state index contributed by atoms with van der Waals surface area (Å²) in [5.74, 6) is 2.43. The third-order valence-corrected chi connectivity index (χ3v) is 7.50. The molecule has 0 spiro atoms. The van der Waals surface area contributed by atoms with Crippen LogP contribution in [0.2, 0.25) is 0 Å². The number of hydrogen-bond acceptors (Lipinski definition) is 2. The molecular formula is C20H32O2. The Balaban J connectivity index is 2.05. The predicted octanol–water partition coefficient (Wildman–Crippen LogP) is 5.33. The first-order chi connectivity index (χ1) is 10.4. The summed E-state index contributed by atoms with van der Waals surface area (Å²) < 4.78 is 5.44. The van der Waals surface area contributed by atoms with Gasteiger partial charge >= 0.3 is 5.97 Å². The van der Waals surface area contributed by atoms with Crippen molar-refractivity contribution in [3.63, 3.8) is 0 Å². The fraction of sp³-hybridized carbons (Fsp3) is 0.850. The smallest absolute Gasteiger partial charge is 0.317 e. The van der Waals surface area contributed by atoms with Gasteiger partial charge in [-0.15, -0.1) is 0 Å². The Kier molecular flexibility index (Phi) is 4.16. The SMILES string of the molecule is C=COC(=O)C12CCCC(C)C1CCC1(C)CCC(C)CC12. The maximum absolute atomic E-state index is 13.1. The van der Waals surface area contributed by atoms with Gasteiger partial charge < -0.3 is 4.74 Å². The molecule has 0 radical (unpaired) electrons. The molecule has 0 aromatic heterocycles. The molecular weight excluding hydrogens is 272 g/mol. The number of ether oxygens (including phenoxy) is 1. The molecule has 2 heteroatoms. The van der Waals surface area contributed by atoms with E-state index >= 15 is 0 Å². The van der Waals surface area contributed by atoms with E-state index in [2.05, 4.69) is 27.4 Å². The molecule has 2 nitrogen and oxygen atoms in total. The van der Waals surface area contributed by atoms with E-state index in [1.54, 1.807) is 0 Å². The Morgan fingerprint density at radius 2 is 1.91 bits per heavy atom. The van der Waals surface area contributed by atoms with Gasteiger partial charge in [-0.25, -0.2) is 0 Å². The zero-order valence-electron chi connectivity index (χ0n) is 14.6. The molecule has 0 aromatic carbocycles. The number of carbonyl (C=O) groups excluding carboxylic acids is 1. The topological polar surface area (TPSA) is 26.3 Å². The van der Waals surface area contributed by atoms with Crippen LogP contribution >= 0.6 is 0 Å². The van der Waals surface area contributed by atoms with Gasteiger partial charge in [0.2, 0.25) is 0 Å². The average Bonchev–Trinajstić information content (AvgIpc) is 2.48. The fourth-order valence-corrected chi connectivity index (χ4v) is 6.34. The average molecular weight is 304 g/mol. The van der Waals surface area contributed by atoms with Crippen molar-refractivity contribution in [1.82, 2.24) is 0 Å². The highest BCUT2D eigenvalue weighted by molar-refractivity contribution is 5.79. The van der Waals surface area contributed by atoms with E-state index in [9.17, 15) is 4.79 Å². The van der Waals surface area contributed by atoms with Gasteiger partial charge in [-0.2, -0.15) is 0 Å². The lowest BCUT2D eigenvalue weighted by atomic mass is 9.42. The maximum Gasteiger partial charge on any atom is 0.317 e. The quantitative estimate of drug-likeness (QED) is 0.509. The number of carbonyl (C=O) groups is 1. The monoisotopic (exact) mass is 304 g/mol. The van der Waals surface area contributed by atoms with Crippen molar-refractivity contribution < 1.29 is 9.53 Å². The van der Waals surface area contributed by atoms with Crippen molar-refractivity contribution in [2.45, 2.75) is 72.1 Å². The van der Waals surface area contributed by atoms with Gasteiger partial charge in [-0.1, -0.05) is 46.6 Å². The Morgan fingerprint density at radius 1 is 1.18 bits per heavy atom. The van der Waals surface area contributed by atoms with Crippen LogP contribution < -0.4 is 0 Å². The lowest BCUT2D eigenvalue weighted by Crippen LogP contribution is -2.59. The molecule has 0 heterocycles. The van der Waals surface area contributed by atoms with Crippen LogP contribution in [0.3, 0.4) is 0 Å². The van der Waals surface area contributed by atoms with Crippen molar-refractivity contribution in [2.24, 2.45) is 34.5 Å². The van der Waals surface area contributed by atoms with E-state index in [1.165, 1.54) is 51.2 Å². The number of rotatable bonds is 2. The zero-order chi connectivity index (χ0) is 16.0. The first-order valence-corrected chi connectivity index (χ1v) is 9.26. The molecule has 0 N–H and O–H groups in total. The molecule has 0 aromatic rings. The second kappa shape index (κ2) is 5.69. The Morgan fingerprint density at radius 3 is 2.64 bits per heavy atom. The van der Waals surface area contributed by atoms with E-state index in [1.807, 2.05) is 0 Å². The molecule has 22 heavy (non-hydrogen) atoms. The summed E-state index contributed by atoms with van der Waals surface area (Å²) >= 11 is 0. The van der Waals surface area contributed by atoms with Gasteiger partial charge in [0.1, 0.15) is 0 Å². The standard InChI is InChI=1S/C20H32O2/c1-5-22-18(21)20-10-6-7-15(3)16(20)9-12-19(4)11-8-14(2)13-17(19)20/h5,14-17H,1,6-13H2,2-4H3. The molecule has 0 aliphatic heterocycles. The van der Waals surface area contributed by atoms with E-state index in [0.29, 0.717) is 23.2 Å². The van der Waals surface area contributed by atoms with Crippen molar-refractivity contribution >= 4 is 5.97 Å². The Bertz CT molecular complexity index is 457. The third-order valence-electron chi connectivity index (χ3n) is 7.50. The predicted molar refractivity (Wildman–Crippen MR) is 89.1 cm³/mol. The molecule has 0 amide bonds. The number of fused-ring (bicyclic) bond motifs is 3. The normalized spacial score (nSPS) is 48.0. The summed E-state index contributed by atoms with van der Waals surface area (Å²) in [5, 5.41) is 0. The molecule has 0 saturated heterocycles. The van der Waals surface area contributed by atoms with Crippen LogP contribution in [0.5, 0.6) is 0 Å². The third kappa shape index (κ3) is 2.25. The molecule has 3 rings (SSSR count). The second-order valence-electron chi connectivity index (χ2n) is 8.71. The van der Waals surface area contributed by atoms with Crippen LogP contribution in [-0.2, 0) is 9.53 Å². The largest absolute Gasteiger partial charge is 0.435 e. The number of esters is 1. The Hall–Kier alpha value is -0.790. The molecule has 3 fully saturated rings. The highest BCUT2D eigenvalue weighted by atomic mass is 16.5. The van der Waals surface area contributed by atoms with Crippen LogP contribution in [0.4, 0.5) is 0 Å². The van der Waals surface area contributed by atoms with Crippen molar-refractivity contribution in [2.75, 3.05) is 0 Å². The van der Waals surface area contributed by atoms with Crippen LogP contribution in [0, 0.1) is 34.5 Å². The van der Waals surface area contributed by atoms with Gasteiger partial charge in [0.25, 0.3) is 0 Å². The van der Waals surface area contributed by atoms with Gasteiger partial charge in [-0.05, 0) is 61.2 Å². The number of hydrogen-bond donors (Lipinski definition) is 0. The van der Waals surface area contributed by atoms with Gasteiger partial charge in [0.15, 0.2) is 0 Å². The summed E-state index contributed by atoms with van der Waals surface area (Å²) in [7, 11) is 0. The van der Waals surface area contributed by atoms with Crippen LogP contribution in [-0.4, -0.2) is 5.97 Å². The highest BCUT2D eigenvalue weighted by Gasteiger charge is 2.63. The second-order valence-corrected chi connectivity index (χ2v) is 8.71. The fourth-order valence-electron chi connectivity index (χ4n) is 6.34. The minimum absolute atomic E-state index is 0.0316. The molecule has 3 saturated carbocycles. The van der Waals surface area contributed by atoms with E-state index < -0.39 is 0 Å². The van der Waals surface area contributed by atoms with Gasteiger partial charge in [-0.3, -0.25) is 4.79 Å². The molecule has 6 unspecified atom stereocenters. The van der Waals surface area contributed by atoms with Gasteiger partial charge in [0.05, 0.1) is 11.7 Å². The lowest BCUT2D eigenvalue weighted by Gasteiger charge is -2.61. The summed E-state index contributed by atoms with van der Waals surface area (Å²) in [5.41, 5.74) is 0.0911. The van der Waals surface area contributed by atoms with E-state index in [0.717, 1.165) is 12.3 Å². The molecule has 124 valence electrons. The summed E-state index contributed by atoms with van der Waals surface area (Å²) in [4.78, 5) is 13.1.